The van der Waals surface area contributed by atoms with Gasteiger partial charge in [-0.3, -0.25) is 4.79 Å². The largest absolute Gasteiger partial charge is 0.480 e. The third kappa shape index (κ3) is 2.18. The number of fused-ring (bicyclic) bond motifs is 1. The van der Waals surface area contributed by atoms with Crippen molar-refractivity contribution in [1.29, 1.82) is 0 Å². The molecule has 0 amide bonds. The number of hydrogen-bond donors (Lipinski definition) is 1. The van der Waals surface area contributed by atoms with Crippen molar-refractivity contribution in [2.45, 2.75) is 17.1 Å². The molecule has 0 saturated heterocycles. The Morgan fingerprint density at radius 1 is 1.47 bits per heavy atom. The Kier molecular flexibility index (Phi) is 2.73. The van der Waals surface area contributed by atoms with Crippen LogP contribution in [0.4, 0.5) is 0 Å². The maximum atomic E-state index is 10.7. The molecule has 0 aliphatic carbocycles. The van der Waals surface area contributed by atoms with E-state index in [0.29, 0.717) is 11.5 Å². The molecule has 0 fully saturated rings. The fourth-order valence-corrected chi connectivity index (χ4v) is 2.04. The summed E-state index contributed by atoms with van der Waals surface area (Å²) in [5.74, 6) is 0.567. The maximum absolute atomic E-state index is 10.7. The number of rotatable bonds is 3. The van der Waals surface area contributed by atoms with Gasteiger partial charge in [0.2, 0.25) is 6.79 Å². The van der Waals surface area contributed by atoms with Crippen LogP contribution >= 0.6 is 11.8 Å². The van der Waals surface area contributed by atoms with Crippen molar-refractivity contribution < 1.29 is 19.4 Å². The number of carboxylic acids is 1. The number of ether oxygens (including phenoxy) is 2. The molecule has 1 aliphatic heterocycles. The van der Waals surface area contributed by atoms with Crippen LogP contribution < -0.4 is 9.47 Å². The first-order valence-corrected chi connectivity index (χ1v) is 5.34. The van der Waals surface area contributed by atoms with Gasteiger partial charge in [-0.25, -0.2) is 0 Å². The molecule has 0 aromatic heterocycles. The Morgan fingerprint density at radius 2 is 2.20 bits per heavy atom. The highest BCUT2D eigenvalue weighted by molar-refractivity contribution is 8.00. The van der Waals surface area contributed by atoms with Crippen molar-refractivity contribution in [1.82, 2.24) is 0 Å². The molecular formula is C10H10O4S. The van der Waals surface area contributed by atoms with Crippen molar-refractivity contribution in [3.63, 3.8) is 0 Å². The highest BCUT2D eigenvalue weighted by atomic mass is 32.2. The van der Waals surface area contributed by atoms with E-state index in [1.54, 1.807) is 19.1 Å². The fraction of sp³-hybridized carbons (Fsp3) is 0.300. The Morgan fingerprint density at radius 3 is 2.93 bits per heavy atom. The molecule has 5 heteroatoms. The molecule has 1 unspecified atom stereocenters. The monoisotopic (exact) mass is 226 g/mol. The zero-order valence-corrected chi connectivity index (χ0v) is 8.91. The van der Waals surface area contributed by atoms with Gasteiger partial charge in [-0.05, 0) is 25.1 Å². The molecule has 0 spiro atoms. The molecule has 1 aromatic carbocycles. The quantitative estimate of drug-likeness (QED) is 0.799. The normalized spacial score (nSPS) is 15.0. The zero-order valence-electron chi connectivity index (χ0n) is 8.10. The van der Waals surface area contributed by atoms with Gasteiger partial charge < -0.3 is 14.6 Å². The van der Waals surface area contributed by atoms with Gasteiger partial charge in [-0.1, -0.05) is 0 Å². The average Bonchev–Trinajstić information content (AvgIpc) is 2.64. The van der Waals surface area contributed by atoms with Crippen molar-refractivity contribution in [3.8, 4) is 11.5 Å². The third-order valence-corrected chi connectivity index (χ3v) is 3.09. The summed E-state index contributed by atoms with van der Waals surface area (Å²) >= 11 is 1.28. The summed E-state index contributed by atoms with van der Waals surface area (Å²) in [5.41, 5.74) is 0. The lowest BCUT2D eigenvalue weighted by Crippen LogP contribution is -2.10. The topological polar surface area (TPSA) is 55.8 Å². The molecular weight excluding hydrogens is 216 g/mol. The first kappa shape index (κ1) is 10.2. The number of thioether (sulfide) groups is 1. The Bertz CT molecular complexity index is 391. The number of benzene rings is 1. The van der Waals surface area contributed by atoms with Crippen molar-refractivity contribution >= 4 is 17.7 Å². The number of hydrogen-bond acceptors (Lipinski definition) is 4. The minimum Gasteiger partial charge on any atom is -0.480 e. The molecule has 80 valence electrons. The molecule has 1 aliphatic rings. The maximum Gasteiger partial charge on any atom is 0.316 e. The molecule has 1 aromatic rings. The van der Waals surface area contributed by atoms with Gasteiger partial charge >= 0.3 is 5.97 Å². The van der Waals surface area contributed by atoms with Gasteiger partial charge in [0, 0.05) is 4.90 Å². The van der Waals surface area contributed by atoms with Crippen LogP contribution in [0.3, 0.4) is 0 Å². The minimum atomic E-state index is -0.822. The summed E-state index contributed by atoms with van der Waals surface area (Å²) < 4.78 is 10.4. The second-order valence-corrected chi connectivity index (χ2v) is 4.53. The SMILES string of the molecule is CC(Sc1ccc2c(c1)OCO2)C(=O)O. The standard InChI is InChI=1S/C10H10O4S/c1-6(10(11)12)15-7-2-3-8-9(4-7)14-5-13-8/h2-4,6H,5H2,1H3,(H,11,12). The van der Waals surface area contributed by atoms with Crippen LogP contribution in [0, 0.1) is 0 Å². The molecule has 0 saturated carbocycles. The molecule has 15 heavy (non-hydrogen) atoms. The molecule has 1 atom stereocenters. The second-order valence-electron chi connectivity index (χ2n) is 3.11. The molecule has 4 nitrogen and oxygen atoms in total. The molecule has 1 N–H and O–H groups in total. The third-order valence-electron chi connectivity index (χ3n) is 2.00. The van der Waals surface area contributed by atoms with E-state index >= 15 is 0 Å². The summed E-state index contributed by atoms with van der Waals surface area (Å²) in [4.78, 5) is 11.5. The van der Waals surface area contributed by atoms with Crippen LogP contribution in [0.1, 0.15) is 6.92 Å². The lowest BCUT2D eigenvalue weighted by Gasteiger charge is -2.06. The fourth-order valence-electron chi connectivity index (χ4n) is 1.20. The van der Waals surface area contributed by atoms with E-state index in [-0.39, 0.29) is 6.79 Å². The predicted octanol–water partition coefficient (Wildman–Crippen LogP) is 1.98. The van der Waals surface area contributed by atoms with Crippen molar-refractivity contribution in [2.24, 2.45) is 0 Å². The van der Waals surface area contributed by atoms with Crippen LogP contribution in [0.25, 0.3) is 0 Å². The first-order valence-electron chi connectivity index (χ1n) is 4.46. The van der Waals surface area contributed by atoms with E-state index in [0.717, 1.165) is 4.90 Å². The van der Waals surface area contributed by atoms with E-state index in [1.165, 1.54) is 11.8 Å². The molecule has 0 bridgehead atoms. The van der Waals surface area contributed by atoms with Crippen LogP contribution in [-0.2, 0) is 4.79 Å². The highest BCUT2D eigenvalue weighted by Crippen LogP contribution is 2.36. The van der Waals surface area contributed by atoms with Crippen LogP contribution in [0.2, 0.25) is 0 Å². The zero-order chi connectivity index (χ0) is 10.8. The second kappa shape index (κ2) is 4.02. The summed E-state index contributed by atoms with van der Waals surface area (Å²) in [6.45, 7) is 1.88. The minimum absolute atomic E-state index is 0.234. The van der Waals surface area contributed by atoms with E-state index in [4.69, 9.17) is 14.6 Å². The summed E-state index contributed by atoms with van der Waals surface area (Å²) in [7, 11) is 0. The molecule has 2 rings (SSSR count). The molecule has 1 heterocycles. The highest BCUT2D eigenvalue weighted by Gasteiger charge is 2.16. The van der Waals surface area contributed by atoms with Crippen LogP contribution in [0.5, 0.6) is 11.5 Å². The Hall–Kier alpha value is -1.36. The lowest BCUT2D eigenvalue weighted by molar-refractivity contribution is -0.136. The summed E-state index contributed by atoms with van der Waals surface area (Å²) in [5, 5.41) is 8.29. The van der Waals surface area contributed by atoms with E-state index in [9.17, 15) is 4.79 Å². The van der Waals surface area contributed by atoms with Crippen molar-refractivity contribution in [2.75, 3.05) is 6.79 Å². The van der Waals surface area contributed by atoms with Crippen LogP contribution in [0.15, 0.2) is 23.1 Å². The average molecular weight is 226 g/mol. The van der Waals surface area contributed by atoms with Gasteiger partial charge in [-0.15, -0.1) is 11.8 Å². The van der Waals surface area contributed by atoms with Gasteiger partial charge in [0.05, 0.1) is 0 Å². The van der Waals surface area contributed by atoms with Gasteiger partial charge in [-0.2, -0.15) is 0 Å². The van der Waals surface area contributed by atoms with Gasteiger partial charge in [0.15, 0.2) is 11.5 Å². The molecule has 0 radical (unpaired) electrons. The van der Waals surface area contributed by atoms with Gasteiger partial charge in [0.1, 0.15) is 5.25 Å². The number of aliphatic carboxylic acids is 1. The van der Waals surface area contributed by atoms with E-state index in [2.05, 4.69) is 0 Å². The predicted molar refractivity (Wildman–Crippen MR) is 55.5 cm³/mol. The Balaban J connectivity index is 2.13. The van der Waals surface area contributed by atoms with Crippen LogP contribution in [-0.4, -0.2) is 23.1 Å². The lowest BCUT2D eigenvalue weighted by atomic mass is 10.3. The number of carbonyl (C=O) groups is 1. The number of carboxylic acid groups (broad SMARTS) is 1. The Labute approximate surface area is 91.2 Å². The van der Waals surface area contributed by atoms with Gasteiger partial charge in [0.25, 0.3) is 0 Å². The smallest absolute Gasteiger partial charge is 0.316 e. The van der Waals surface area contributed by atoms with Crippen molar-refractivity contribution in [3.05, 3.63) is 18.2 Å². The summed E-state index contributed by atoms with van der Waals surface area (Å²) in [6.07, 6.45) is 0. The summed E-state index contributed by atoms with van der Waals surface area (Å²) in [6, 6.07) is 5.42. The van der Waals surface area contributed by atoms with E-state index in [1.807, 2.05) is 6.07 Å². The van der Waals surface area contributed by atoms with E-state index < -0.39 is 11.2 Å². The first-order chi connectivity index (χ1) is 7.16.